The van der Waals surface area contributed by atoms with E-state index in [1.54, 1.807) is 6.07 Å². The molecular formula is C12H9FO4. The molecule has 1 N–H and O–H groups in total. The van der Waals surface area contributed by atoms with Gasteiger partial charge in [0.1, 0.15) is 12.2 Å². The minimum Gasteiger partial charge on any atom is -0.483 e. The van der Waals surface area contributed by atoms with Gasteiger partial charge in [-0.05, 0) is 18.2 Å². The Labute approximate surface area is 96.2 Å². The third-order valence-electron chi connectivity index (χ3n) is 2.17. The first-order chi connectivity index (χ1) is 8.18. The van der Waals surface area contributed by atoms with E-state index in [1.165, 1.54) is 30.5 Å². The van der Waals surface area contributed by atoms with Crippen LogP contribution in [0.15, 0.2) is 41.0 Å². The summed E-state index contributed by atoms with van der Waals surface area (Å²) < 4.78 is 23.3. The van der Waals surface area contributed by atoms with Gasteiger partial charge in [-0.1, -0.05) is 12.1 Å². The summed E-state index contributed by atoms with van der Waals surface area (Å²) >= 11 is 0. The van der Waals surface area contributed by atoms with Crippen LogP contribution in [0.1, 0.15) is 16.1 Å². The van der Waals surface area contributed by atoms with Crippen molar-refractivity contribution in [1.82, 2.24) is 0 Å². The number of benzene rings is 1. The zero-order chi connectivity index (χ0) is 12.3. The second-order valence-electron chi connectivity index (χ2n) is 3.28. The van der Waals surface area contributed by atoms with Gasteiger partial charge in [0.05, 0.1) is 6.26 Å². The molecule has 0 bridgehead atoms. The number of carboxylic acids is 1. The van der Waals surface area contributed by atoms with E-state index in [0.29, 0.717) is 0 Å². The zero-order valence-electron chi connectivity index (χ0n) is 8.72. The van der Waals surface area contributed by atoms with E-state index >= 15 is 0 Å². The molecule has 88 valence electrons. The highest BCUT2D eigenvalue weighted by Gasteiger charge is 2.14. The van der Waals surface area contributed by atoms with Crippen LogP contribution in [0.25, 0.3) is 0 Å². The quantitative estimate of drug-likeness (QED) is 0.886. The maximum atomic E-state index is 13.2. The second-order valence-corrected chi connectivity index (χ2v) is 3.28. The summed E-state index contributed by atoms with van der Waals surface area (Å²) in [6.07, 6.45) is 1.25. The molecule has 0 radical (unpaired) electrons. The maximum Gasteiger partial charge on any atom is 0.339 e. The Kier molecular flexibility index (Phi) is 3.09. The van der Waals surface area contributed by atoms with Crippen molar-refractivity contribution < 1.29 is 23.4 Å². The number of hydrogen-bond donors (Lipinski definition) is 1. The van der Waals surface area contributed by atoms with Gasteiger partial charge in [0.2, 0.25) is 0 Å². The Bertz CT molecular complexity index is 533. The summed E-state index contributed by atoms with van der Waals surface area (Å²) in [4.78, 5) is 10.8. The predicted octanol–water partition coefficient (Wildman–Crippen LogP) is 2.70. The average Bonchev–Trinajstić information content (AvgIpc) is 2.76. The Morgan fingerprint density at radius 3 is 2.82 bits per heavy atom. The van der Waals surface area contributed by atoms with Crippen molar-refractivity contribution in [3.63, 3.8) is 0 Å². The van der Waals surface area contributed by atoms with Gasteiger partial charge in [-0.3, -0.25) is 0 Å². The third-order valence-corrected chi connectivity index (χ3v) is 2.17. The smallest absolute Gasteiger partial charge is 0.339 e. The summed E-state index contributed by atoms with van der Waals surface area (Å²) in [5, 5.41) is 8.82. The van der Waals surface area contributed by atoms with Crippen LogP contribution in [-0.2, 0) is 6.61 Å². The number of para-hydroxylation sites is 1. The zero-order valence-corrected chi connectivity index (χ0v) is 8.72. The molecule has 5 heteroatoms. The maximum absolute atomic E-state index is 13.2. The van der Waals surface area contributed by atoms with Crippen molar-refractivity contribution in [3.8, 4) is 5.75 Å². The van der Waals surface area contributed by atoms with Gasteiger partial charge in [-0.2, -0.15) is 0 Å². The third kappa shape index (κ3) is 2.44. The van der Waals surface area contributed by atoms with E-state index in [0.717, 1.165) is 0 Å². The molecule has 0 aliphatic carbocycles. The van der Waals surface area contributed by atoms with Crippen LogP contribution in [-0.4, -0.2) is 11.1 Å². The molecule has 4 nitrogen and oxygen atoms in total. The van der Waals surface area contributed by atoms with E-state index in [1.807, 2.05) is 0 Å². The first-order valence-corrected chi connectivity index (χ1v) is 4.85. The second kappa shape index (κ2) is 4.69. The van der Waals surface area contributed by atoms with Gasteiger partial charge < -0.3 is 14.3 Å². The molecule has 0 spiro atoms. The van der Waals surface area contributed by atoms with E-state index in [2.05, 4.69) is 0 Å². The number of furan rings is 1. The van der Waals surface area contributed by atoms with Crippen molar-refractivity contribution in [3.05, 3.63) is 53.7 Å². The Balaban J connectivity index is 2.10. The SMILES string of the molecule is O=C(O)c1ccoc1COc1ccccc1F. The first-order valence-electron chi connectivity index (χ1n) is 4.85. The molecule has 1 aromatic heterocycles. The number of carboxylic acid groups (broad SMARTS) is 1. The van der Waals surface area contributed by atoms with Crippen molar-refractivity contribution in [2.75, 3.05) is 0 Å². The molecule has 2 rings (SSSR count). The van der Waals surface area contributed by atoms with Gasteiger partial charge in [-0.15, -0.1) is 0 Å². The van der Waals surface area contributed by atoms with Crippen LogP contribution in [0.5, 0.6) is 5.75 Å². The van der Waals surface area contributed by atoms with Gasteiger partial charge in [-0.25, -0.2) is 9.18 Å². The molecule has 0 fully saturated rings. The Hall–Kier alpha value is -2.30. The molecule has 0 amide bonds. The Morgan fingerprint density at radius 2 is 2.12 bits per heavy atom. The summed E-state index contributed by atoms with van der Waals surface area (Å²) in [5.41, 5.74) is 0.0151. The molecule has 1 heterocycles. The number of ether oxygens (including phenoxy) is 1. The minimum atomic E-state index is -1.11. The van der Waals surface area contributed by atoms with Crippen molar-refractivity contribution in [1.29, 1.82) is 0 Å². The summed E-state index contributed by atoms with van der Waals surface area (Å²) in [6.45, 7) is -0.129. The monoisotopic (exact) mass is 236 g/mol. The lowest BCUT2D eigenvalue weighted by atomic mass is 10.2. The topological polar surface area (TPSA) is 59.7 Å². The highest BCUT2D eigenvalue weighted by Crippen LogP contribution is 2.19. The number of rotatable bonds is 4. The van der Waals surface area contributed by atoms with Crippen molar-refractivity contribution >= 4 is 5.97 Å². The fraction of sp³-hybridized carbons (Fsp3) is 0.0833. The summed E-state index contributed by atoms with van der Waals surface area (Å²) in [7, 11) is 0. The van der Waals surface area contributed by atoms with E-state index < -0.39 is 11.8 Å². The molecule has 1 aromatic carbocycles. The molecule has 0 atom stereocenters. The van der Waals surface area contributed by atoms with Gasteiger partial charge >= 0.3 is 5.97 Å². The normalized spacial score (nSPS) is 10.2. The molecule has 2 aromatic rings. The molecule has 0 saturated heterocycles. The van der Waals surface area contributed by atoms with Crippen LogP contribution in [0.4, 0.5) is 4.39 Å². The molecule has 17 heavy (non-hydrogen) atoms. The van der Waals surface area contributed by atoms with Crippen LogP contribution < -0.4 is 4.74 Å². The number of hydrogen-bond acceptors (Lipinski definition) is 3. The van der Waals surface area contributed by atoms with Crippen molar-refractivity contribution in [2.45, 2.75) is 6.61 Å². The Morgan fingerprint density at radius 1 is 1.35 bits per heavy atom. The number of aromatic carboxylic acids is 1. The lowest BCUT2D eigenvalue weighted by molar-refractivity contribution is 0.0691. The van der Waals surface area contributed by atoms with Gasteiger partial charge in [0, 0.05) is 0 Å². The minimum absolute atomic E-state index is 0.0151. The van der Waals surface area contributed by atoms with Crippen LogP contribution in [0.3, 0.4) is 0 Å². The largest absolute Gasteiger partial charge is 0.483 e. The lowest BCUT2D eigenvalue weighted by Crippen LogP contribution is -2.03. The van der Waals surface area contributed by atoms with Crippen LogP contribution in [0, 0.1) is 5.82 Å². The molecule has 0 aliphatic rings. The van der Waals surface area contributed by atoms with Gasteiger partial charge in [0.15, 0.2) is 17.3 Å². The predicted molar refractivity (Wildman–Crippen MR) is 56.4 cm³/mol. The van der Waals surface area contributed by atoms with Crippen LogP contribution in [0.2, 0.25) is 0 Å². The summed E-state index contributed by atoms with van der Waals surface area (Å²) in [5.74, 6) is -1.40. The molecule has 0 saturated carbocycles. The van der Waals surface area contributed by atoms with E-state index in [4.69, 9.17) is 14.3 Å². The summed E-state index contributed by atoms with van der Waals surface area (Å²) in [6, 6.07) is 7.20. The van der Waals surface area contributed by atoms with E-state index in [9.17, 15) is 9.18 Å². The average molecular weight is 236 g/mol. The number of carbonyl (C=O) groups is 1. The fourth-order valence-electron chi connectivity index (χ4n) is 1.35. The first kappa shape index (κ1) is 11.2. The lowest BCUT2D eigenvalue weighted by Gasteiger charge is -2.05. The number of halogens is 1. The molecular weight excluding hydrogens is 227 g/mol. The fourth-order valence-corrected chi connectivity index (χ4v) is 1.35. The van der Waals surface area contributed by atoms with Crippen LogP contribution >= 0.6 is 0 Å². The van der Waals surface area contributed by atoms with Gasteiger partial charge in [0.25, 0.3) is 0 Å². The van der Waals surface area contributed by atoms with Crippen molar-refractivity contribution in [2.24, 2.45) is 0 Å². The molecule has 0 unspecified atom stereocenters. The van der Waals surface area contributed by atoms with E-state index in [-0.39, 0.29) is 23.7 Å². The standard InChI is InChI=1S/C12H9FO4/c13-9-3-1-2-4-10(9)17-7-11-8(12(14)15)5-6-16-11/h1-6H,7H2,(H,14,15). The highest BCUT2D eigenvalue weighted by molar-refractivity contribution is 5.88. The molecule has 0 aliphatic heterocycles. The highest BCUT2D eigenvalue weighted by atomic mass is 19.1.